The summed E-state index contributed by atoms with van der Waals surface area (Å²) in [5.74, 6) is 0.458. The molecule has 0 bridgehead atoms. The molecule has 3 aromatic rings. The highest BCUT2D eigenvalue weighted by molar-refractivity contribution is 8.93. The van der Waals surface area contributed by atoms with E-state index in [4.69, 9.17) is 5.73 Å². The predicted molar refractivity (Wildman–Crippen MR) is 107 cm³/mol. The number of nitrogens with zero attached hydrogens (tertiary/aromatic N) is 3. The summed E-state index contributed by atoms with van der Waals surface area (Å²) >= 11 is 0. The van der Waals surface area contributed by atoms with Gasteiger partial charge < -0.3 is 11.1 Å². The second-order valence-corrected chi connectivity index (χ2v) is 5.56. The summed E-state index contributed by atoms with van der Waals surface area (Å²) in [7, 11) is 0. The fraction of sp³-hybridized carbons (Fsp3) is 0.158. The van der Waals surface area contributed by atoms with Crippen LogP contribution in [0.2, 0.25) is 0 Å². The zero-order valence-electron chi connectivity index (χ0n) is 13.9. The van der Waals surface area contributed by atoms with Crippen molar-refractivity contribution in [3.8, 4) is 0 Å². The predicted octanol–water partition coefficient (Wildman–Crippen LogP) is 3.11. The summed E-state index contributed by atoms with van der Waals surface area (Å²) < 4.78 is 1.90. The number of aliphatic imine (C=N–C) groups is 1. The van der Waals surface area contributed by atoms with E-state index in [0.717, 1.165) is 17.7 Å². The molecule has 0 radical (unpaired) electrons. The topological polar surface area (TPSA) is 68.2 Å². The summed E-state index contributed by atoms with van der Waals surface area (Å²) in [4.78, 5) is 4.35. The fourth-order valence-electron chi connectivity index (χ4n) is 2.35. The minimum atomic E-state index is 0. The summed E-state index contributed by atoms with van der Waals surface area (Å²) in [5, 5.41) is 7.36. The highest BCUT2D eigenvalue weighted by Crippen LogP contribution is 2.06. The van der Waals surface area contributed by atoms with Gasteiger partial charge >= 0.3 is 0 Å². The molecule has 0 saturated heterocycles. The van der Waals surface area contributed by atoms with E-state index in [0.29, 0.717) is 19.0 Å². The first-order chi connectivity index (χ1) is 11.8. The molecule has 0 atom stereocenters. The van der Waals surface area contributed by atoms with Crippen LogP contribution >= 0.6 is 17.0 Å². The number of halogens is 1. The normalized spacial score (nSPS) is 11.0. The van der Waals surface area contributed by atoms with Crippen LogP contribution in [0.25, 0.3) is 0 Å². The summed E-state index contributed by atoms with van der Waals surface area (Å²) in [6.07, 6.45) is 3.75. The number of benzene rings is 2. The third kappa shape index (κ3) is 6.08. The van der Waals surface area contributed by atoms with Crippen LogP contribution < -0.4 is 11.1 Å². The molecule has 0 fully saturated rings. The van der Waals surface area contributed by atoms with Crippen LogP contribution in [0.4, 0.5) is 0 Å². The lowest BCUT2D eigenvalue weighted by Gasteiger charge is -2.07. The Labute approximate surface area is 158 Å². The van der Waals surface area contributed by atoms with Gasteiger partial charge in [-0.2, -0.15) is 5.10 Å². The van der Waals surface area contributed by atoms with Crippen molar-refractivity contribution in [2.24, 2.45) is 10.7 Å². The number of nitrogens with one attached hydrogen (secondary N) is 1. The molecule has 1 aromatic heterocycles. The first kappa shape index (κ1) is 18.7. The zero-order chi connectivity index (χ0) is 16.6. The number of hydrogen-bond donors (Lipinski definition) is 2. The van der Waals surface area contributed by atoms with E-state index < -0.39 is 0 Å². The Morgan fingerprint density at radius 2 is 1.68 bits per heavy atom. The zero-order valence-corrected chi connectivity index (χ0v) is 15.6. The molecule has 0 amide bonds. The van der Waals surface area contributed by atoms with Crippen molar-refractivity contribution in [1.82, 2.24) is 15.1 Å². The molecular weight excluding hydrogens is 378 g/mol. The first-order valence-electron chi connectivity index (χ1n) is 7.92. The molecule has 0 unspecified atom stereocenters. The third-order valence-electron chi connectivity index (χ3n) is 3.68. The van der Waals surface area contributed by atoms with E-state index in [9.17, 15) is 0 Å². The van der Waals surface area contributed by atoms with Gasteiger partial charge in [0.05, 0.1) is 13.1 Å². The van der Waals surface area contributed by atoms with Gasteiger partial charge in [-0.1, -0.05) is 54.6 Å². The molecule has 6 heteroatoms. The second kappa shape index (κ2) is 9.64. The molecular formula is C19H22BrN5. The molecule has 3 N–H and O–H groups in total. The van der Waals surface area contributed by atoms with Gasteiger partial charge in [-0.3, -0.25) is 4.68 Å². The van der Waals surface area contributed by atoms with Crippen molar-refractivity contribution in [1.29, 1.82) is 0 Å². The van der Waals surface area contributed by atoms with Crippen LogP contribution in [0.15, 0.2) is 78.0 Å². The Balaban J connectivity index is 0.00000225. The largest absolute Gasteiger partial charge is 0.370 e. The average molecular weight is 400 g/mol. The molecule has 0 aliphatic rings. The number of aromatic nitrogens is 2. The molecule has 0 saturated carbocycles. The lowest BCUT2D eigenvalue weighted by atomic mass is 10.1. The molecule has 1 heterocycles. The molecule has 25 heavy (non-hydrogen) atoms. The van der Waals surface area contributed by atoms with E-state index in [1.54, 1.807) is 6.20 Å². The number of rotatable bonds is 6. The van der Waals surface area contributed by atoms with E-state index >= 15 is 0 Å². The van der Waals surface area contributed by atoms with Crippen LogP contribution in [0.1, 0.15) is 16.7 Å². The Morgan fingerprint density at radius 1 is 0.960 bits per heavy atom. The highest BCUT2D eigenvalue weighted by Gasteiger charge is 1.98. The number of hydrogen-bond acceptors (Lipinski definition) is 2. The Hall–Kier alpha value is -2.60. The van der Waals surface area contributed by atoms with Gasteiger partial charge in [0.2, 0.25) is 0 Å². The SMILES string of the molecule is Br.NC(=NCc1ccccc1)NCc1ccc(Cn2cccn2)cc1. The quantitative estimate of drug-likeness (QED) is 0.494. The molecule has 0 aliphatic heterocycles. The average Bonchev–Trinajstić information content (AvgIpc) is 3.13. The standard InChI is InChI=1S/C19H21N5.BrH/c20-19(21-13-16-5-2-1-3-6-16)22-14-17-7-9-18(10-8-17)15-24-12-4-11-23-24;/h1-12H,13-15H2,(H3,20,21,22);1H. The summed E-state index contributed by atoms with van der Waals surface area (Å²) in [6, 6.07) is 20.4. The van der Waals surface area contributed by atoms with Crippen LogP contribution in [0, 0.1) is 0 Å². The maximum absolute atomic E-state index is 5.92. The van der Waals surface area contributed by atoms with Crippen molar-refractivity contribution in [2.45, 2.75) is 19.6 Å². The number of guanidine groups is 1. The van der Waals surface area contributed by atoms with Crippen molar-refractivity contribution in [3.63, 3.8) is 0 Å². The van der Waals surface area contributed by atoms with Crippen molar-refractivity contribution < 1.29 is 0 Å². The van der Waals surface area contributed by atoms with Crippen LogP contribution in [-0.4, -0.2) is 15.7 Å². The van der Waals surface area contributed by atoms with Gasteiger partial charge in [0, 0.05) is 18.9 Å². The Kier molecular flexibility index (Phi) is 7.22. The summed E-state index contributed by atoms with van der Waals surface area (Å²) in [6.45, 7) is 2.02. The molecule has 3 rings (SSSR count). The highest BCUT2D eigenvalue weighted by atomic mass is 79.9. The first-order valence-corrected chi connectivity index (χ1v) is 7.92. The minimum Gasteiger partial charge on any atom is -0.370 e. The van der Waals surface area contributed by atoms with Gasteiger partial charge in [0.1, 0.15) is 0 Å². The lowest BCUT2D eigenvalue weighted by Crippen LogP contribution is -2.31. The van der Waals surface area contributed by atoms with E-state index in [1.165, 1.54) is 5.56 Å². The fourth-order valence-corrected chi connectivity index (χ4v) is 2.35. The van der Waals surface area contributed by atoms with Gasteiger partial charge in [0.25, 0.3) is 0 Å². The smallest absolute Gasteiger partial charge is 0.189 e. The van der Waals surface area contributed by atoms with Crippen LogP contribution in [0.5, 0.6) is 0 Å². The lowest BCUT2D eigenvalue weighted by molar-refractivity contribution is 0.686. The molecule has 5 nitrogen and oxygen atoms in total. The van der Waals surface area contributed by atoms with Crippen molar-refractivity contribution in [2.75, 3.05) is 0 Å². The van der Waals surface area contributed by atoms with Gasteiger partial charge in [-0.05, 0) is 22.8 Å². The van der Waals surface area contributed by atoms with Crippen molar-refractivity contribution >= 4 is 22.9 Å². The van der Waals surface area contributed by atoms with Crippen LogP contribution in [-0.2, 0) is 19.6 Å². The maximum atomic E-state index is 5.92. The minimum absolute atomic E-state index is 0. The summed E-state index contributed by atoms with van der Waals surface area (Å²) in [5.41, 5.74) is 9.44. The maximum Gasteiger partial charge on any atom is 0.189 e. The van der Waals surface area contributed by atoms with Gasteiger partial charge in [-0.15, -0.1) is 17.0 Å². The molecule has 0 spiro atoms. The molecule has 2 aromatic carbocycles. The monoisotopic (exact) mass is 399 g/mol. The third-order valence-corrected chi connectivity index (χ3v) is 3.68. The van der Waals surface area contributed by atoms with E-state index in [1.807, 2.05) is 47.3 Å². The Bertz CT molecular complexity index is 767. The van der Waals surface area contributed by atoms with Gasteiger partial charge in [0.15, 0.2) is 5.96 Å². The number of nitrogens with two attached hydrogens (primary N) is 1. The van der Waals surface area contributed by atoms with E-state index in [2.05, 4.69) is 39.7 Å². The van der Waals surface area contributed by atoms with Crippen molar-refractivity contribution in [3.05, 3.63) is 89.7 Å². The second-order valence-electron chi connectivity index (χ2n) is 5.56. The van der Waals surface area contributed by atoms with Crippen LogP contribution in [0.3, 0.4) is 0 Å². The Morgan fingerprint density at radius 3 is 2.36 bits per heavy atom. The van der Waals surface area contributed by atoms with E-state index in [-0.39, 0.29) is 17.0 Å². The van der Waals surface area contributed by atoms with Gasteiger partial charge in [-0.25, -0.2) is 4.99 Å². The molecule has 130 valence electrons. The molecule has 0 aliphatic carbocycles.